The third-order valence-electron chi connectivity index (χ3n) is 2.14. The molecule has 13 heavy (non-hydrogen) atoms. The molecule has 0 aliphatic rings. The van der Waals surface area contributed by atoms with Crippen LogP contribution < -0.4 is 4.90 Å². The van der Waals surface area contributed by atoms with Crippen LogP contribution in [0.2, 0.25) is 0 Å². The van der Waals surface area contributed by atoms with Gasteiger partial charge in [-0.1, -0.05) is 6.92 Å². The van der Waals surface area contributed by atoms with Gasteiger partial charge in [0.05, 0.1) is 24.2 Å². The van der Waals surface area contributed by atoms with Crippen LogP contribution in [0, 0.1) is 0 Å². The van der Waals surface area contributed by atoms with E-state index >= 15 is 0 Å². The van der Waals surface area contributed by atoms with Crippen molar-refractivity contribution in [3.8, 4) is 0 Å². The summed E-state index contributed by atoms with van der Waals surface area (Å²) in [5.41, 5.74) is 2.24. The Kier molecular flexibility index (Phi) is 3.76. The molecule has 0 atom stereocenters. The van der Waals surface area contributed by atoms with Crippen molar-refractivity contribution in [2.24, 2.45) is 0 Å². The number of aryl methyl sites for hydroxylation is 1. The number of anilines is 1. The number of aromatic nitrogens is 2. The van der Waals surface area contributed by atoms with E-state index in [2.05, 4.69) is 28.9 Å². The lowest BCUT2D eigenvalue weighted by Gasteiger charge is -2.21. The van der Waals surface area contributed by atoms with Gasteiger partial charge in [-0.15, -0.1) is 0 Å². The van der Waals surface area contributed by atoms with Crippen LogP contribution in [-0.2, 0) is 6.42 Å². The average Bonchev–Trinajstić information content (AvgIpc) is 2.61. The molecule has 0 amide bonds. The Labute approximate surface area is 78.6 Å². The van der Waals surface area contributed by atoms with E-state index in [4.69, 9.17) is 5.11 Å². The standard InChI is InChI=1S/C9H17N3O/c1-3-8-9(7-10-11-8)12(4-2)5-6-13/h7,13H,3-6H2,1-2H3,(H,10,11). The van der Waals surface area contributed by atoms with Crippen LogP contribution in [0.15, 0.2) is 6.20 Å². The van der Waals surface area contributed by atoms with Gasteiger partial charge < -0.3 is 10.0 Å². The van der Waals surface area contributed by atoms with Crippen molar-refractivity contribution in [2.45, 2.75) is 20.3 Å². The number of likely N-dealkylation sites (N-methyl/N-ethyl adjacent to an activating group) is 1. The Bertz CT molecular complexity index is 247. The molecule has 1 aromatic rings. The molecule has 0 fully saturated rings. The average molecular weight is 183 g/mol. The number of aromatic amines is 1. The summed E-state index contributed by atoms with van der Waals surface area (Å²) in [7, 11) is 0. The van der Waals surface area contributed by atoms with E-state index in [1.165, 1.54) is 0 Å². The summed E-state index contributed by atoms with van der Waals surface area (Å²) in [6, 6.07) is 0. The highest BCUT2D eigenvalue weighted by molar-refractivity contribution is 5.48. The maximum atomic E-state index is 8.86. The summed E-state index contributed by atoms with van der Waals surface area (Å²) in [4.78, 5) is 2.11. The summed E-state index contributed by atoms with van der Waals surface area (Å²) in [6.07, 6.45) is 2.76. The van der Waals surface area contributed by atoms with Crippen molar-refractivity contribution in [1.29, 1.82) is 0 Å². The fourth-order valence-corrected chi connectivity index (χ4v) is 1.41. The molecule has 0 unspecified atom stereocenters. The zero-order valence-corrected chi connectivity index (χ0v) is 8.25. The predicted octanol–water partition coefficient (Wildman–Crippen LogP) is 0.791. The molecule has 0 aromatic carbocycles. The predicted molar refractivity (Wildman–Crippen MR) is 52.9 cm³/mol. The first-order chi connectivity index (χ1) is 6.33. The molecule has 0 aliphatic heterocycles. The van der Waals surface area contributed by atoms with Gasteiger partial charge in [0.25, 0.3) is 0 Å². The second kappa shape index (κ2) is 4.87. The molecule has 2 N–H and O–H groups in total. The zero-order chi connectivity index (χ0) is 9.68. The number of nitrogens with one attached hydrogen (secondary N) is 1. The fraction of sp³-hybridized carbons (Fsp3) is 0.667. The molecule has 0 saturated heterocycles. The molecule has 0 bridgehead atoms. The number of rotatable bonds is 5. The number of aliphatic hydroxyl groups excluding tert-OH is 1. The maximum absolute atomic E-state index is 8.86. The Morgan fingerprint density at radius 2 is 2.31 bits per heavy atom. The molecule has 1 heterocycles. The first kappa shape index (κ1) is 10.1. The second-order valence-corrected chi connectivity index (χ2v) is 2.89. The van der Waals surface area contributed by atoms with Crippen LogP contribution in [0.5, 0.6) is 0 Å². The van der Waals surface area contributed by atoms with Gasteiger partial charge >= 0.3 is 0 Å². The smallest absolute Gasteiger partial charge is 0.0783 e. The van der Waals surface area contributed by atoms with Gasteiger partial charge in [0.1, 0.15) is 0 Å². The molecule has 0 aliphatic carbocycles. The van der Waals surface area contributed by atoms with E-state index in [0.29, 0.717) is 6.54 Å². The Morgan fingerprint density at radius 1 is 1.54 bits per heavy atom. The van der Waals surface area contributed by atoms with Crippen molar-refractivity contribution in [3.63, 3.8) is 0 Å². The van der Waals surface area contributed by atoms with Crippen molar-refractivity contribution in [1.82, 2.24) is 10.2 Å². The maximum Gasteiger partial charge on any atom is 0.0783 e. The normalized spacial score (nSPS) is 10.4. The molecule has 4 nitrogen and oxygen atoms in total. The Balaban J connectivity index is 2.77. The molecular weight excluding hydrogens is 166 g/mol. The van der Waals surface area contributed by atoms with E-state index < -0.39 is 0 Å². The highest BCUT2D eigenvalue weighted by Gasteiger charge is 2.09. The lowest BCUT2D eigenvalue weighted by Crippen LogP contribution is -2.26. The van der Waals surface area contributed by atoms with Gasteiger partial charge in [0, 0.05) is 13.1 Å². The molecule has 1 aromatic heterocycles. The molecule has 0 radical (unpaired) electrons. The van der Waals surface area contributed by atoms with Crippen molar-refractivity contribution >= 4 is 5.69 Å². The van der Waals surface area contributed by atoms with Gasteiger partial charge in [0.15, 0.2) is 0 Å². The minimum atomic E-state index is 0.183. The second-order valence-electron chi connectivity index (χ2n) is 2.89. The molecule has 74 valence electrons. The van der Waals surface area contributed by atoms with E-state index in [-0.39, 0.29) is 6.61 Å². The molecule has 0 saturated carbocycles. The lowest BCUT2D eigenvalue weighted by molar-refractivity contribution is 0.302. The number of H-pyrrole nitrogens is 1. The Hall–Kier alpha value is -1.03. The van der Waals surface area contributed by atoms with Crippen LogP contribution in [-0.4, -0.2) is 35.0 Å². The largest absolute Gasteiger partial charge is 0.395 e. The minimum absolute atomic E-state index is 0.183. The van der Waals surface area contributed by atoms with Crippen LogP contribution in [0.4, 0.5) is 5.69 Å². The molecule has 4 heteroatoms. The summed E-state index contributed by atoms with van der Waals surface area (Å²) in [5, 5.41) is 15.8. The first-order valence-corrected chi connectivity index (χ1v) is 4.71. The van der Waals surface area contributed by atoms with Gasteiger partial charge in [-0.05, 0) is 13.3 Å². The van der Waals surface area contributed by atoms with Crippen LogP contribution in [0.1, 0.15) is 19.5 Å². The van der Waals surface area contributed by atoms with Crippen molar-refractivity contribution in [3.05, 3.63) is 11.9 Å². The Morgan fingerprint density at radius 3 is 2.85 bits per heavy atom. The van der Waals surface area contributed by atoms with Crippen molar-refractivity contribution in [2.75, 3.05) is 24.6 Å². The summed E-state index contributed by atoms with van der Waals surface area (Å²) in [5.74, 6) is 0. The summed E-state index contributed by atoms with van der Waals surface area (Å²) < 4.78 is 0. The SMILES string of the molecule is CCc1[nH]ncc1N(CC)CCO. The third-order valence-corrected chi connectivity index (χ3v) is 2.14. The molecule has 1 rings (SSSR count). The van der Waals surface area contributed by atoms with Crippen molar-refractivity contribution < 1.29 is 5.11 Å². The molecular formula is C9H17N3O. The topological polar surface area (TPSA) is 52.2 Å². The molecule has 0 spiro atoms. The quantitative estimate of drug-likeness (QED) is 0.709. The van der Waals surface area contributed by atoms with E-state index in [1.54, 1.807) is 0 Å². The number of nitrogens with zero attached hydrogens (tertiary/aromatic N) is 2. The summed E-state index contributed by atoms with van der Waals surface area (Å²) >= 11 is 0. The highest BCUT2D eigenvalue weighted by Crippen LogP contribution is 2.17. The number of hydrogen-bond acceptors (Lipinski definition) is 3. The lowest BCUT2D eigenvalue weighted by atomic mass is 10.2. The van der Waals surface area contributed by atoms with Crippen LogP contribution in [0.25, 0.3) is 0 Å². The van der Waals surface area contributed by atoms with Gasteiger partial charge in [0.2, 0.25) is 0 Å². The minimum Gasteiger partial charge on any atom is -0.395 e. The number of aliphatic hydroxyl groups is 1. The van der Waals surface area contributed by atoms with Gasteiger partial charge in [-0.25, -0.2) is 0 Å². The summed E-state index contributed by atoms with van der Waals surface area (Å²) in [6.45, 7) is 5.91. The monoisotopic (exact) mass is 183 g/mol. The van der Waals surface area contributed by atoms with Gasteiger partial charge in [-0.2, -0.15) is 5.10 Å². The van der Waals surface area contributed by atoms with E-state index in [1.807, 2.05) is 6.20 Å². The van der Waals surface area contributed by atoms with Gasteiger partial charge in [-0.3, -0.25) is 5.10 Å². The van der Waals surface area contributed by atoms with E-state index in [0.717, 1.165) is 24.3 Å². The van der Waals surface area contributed by atoms with Crippen LogP contribution in [0.3, 0.4) is 0 Å². The fourth-order valence-electron chi connectivity index (χ4n) is 1.41. The number of hydrogen-bond donors (Lipinski definition) is 2. The highest BCUT2D eigenvalue weighted by atomic mass is 16.3. The van der Waals surface area contributed by atoms with Crippen LogP contribution >= 0.6 is 0 Å². The zero-order valence-electron chi connectivity index (χ0n) is 8.25. The van der Waals surface area contributed by atoms with E-state index in [9.17, 15) is 0 Å². The third kappa shape index (κ3) is 2.21. The first-order valence-electron chi connectivity index (χ1n) is 4.71.